The summed E-state index contributed by atoms with van der Waals surface area (Å²) in [5.74, 6) is 1.79. The third kappa shape index (κ3) is 4.73. The number of nitrogens with zero attached hydrogens (tertiary/aromatic N) is 3. The minimum Gasteiger partial charge on any atom is -0.508 e. The summed E-state index contributed by atoms with van der Waals surface area (Å²) in [4.78, 5) is 6.85. The Morgan fingerprint density at radius 3 is 2.18 bits per heavy atom. The molecule has 3 heterocycles. The van der Waals surface area contributed by atoms with E-state index < -0.39 is 0 Å². The van der Waals surface area contributed by atoms with Crippen molar-refractivity contribution in [2.45, 2.75) is 25.9 Å². The number of phenolic OH excluding ortho intramolecular Hbond substituents is 1. The smallest absolute Gasteiger partial charge is 0.174 e. The fraction of sp³-hybridized carbons (Fsp3) is 0.125. The first-order valence-corrected chi connectivity index (χ1v) is 13.2. The normalized spacial score (nSPS) is 16.8. The maximum Gasteiger partial charge on any atom is 0.174 e. The zero-order valence-corrected chi connectivity index (χ0v) is 22.5. The zero-order chi connectivity index (χ0) is 26.9. The molecule has 1 aliphatic heterocycles. The highest BCUT2D eigenvalue weighted by Crippen LogP contribution is 2.44. The van der Waals surface area contributed by atoms with E-state index in [1.54, 1.807) is 12.1 Å². The molecule has 0 amide bonds. The van der Waals surface area contributed by atoms with Crippen LogP contribution in [0.1, 0.15) is 34.7 Å². The van der Waals surface area contributed by atoms with Gasteiger partial charge in [0, 0.05) is 29.0 Å². The molecule has 2 atom stereocenters. The molecule has 3 aromatic carbocycles. The number of phenols is 1. The summed E-state index contributed by atoms with van der Waals surface area (Å²) in [6, 6.07) is 32.9. The molecule has 1 saturated heterocycles. The Balaban J connectivity index is 1.41. The molecular formula is C32H28N4O2S. The number of anilines is 1. The fourth-order valence-electron chi connectivity index (χ4n) is 5.33. The van der Waals surface area contributed by atoms with E-state index in [0.717, 1.165) is 45.5 Å². The zero-order valence-electron chi connectivity index (χ0n) is 21.7. The molecule has 6 nitrogen and oxygen atoms in total. The van der Waals surface area contributed by atoms with Crippen molar-refractivity contribution in [3.8, 4) is 22.9 Å². The van der Waals surface area contributed by atoms with Crippen LogP contribution < -0.4 is 15.0 Å². The molecule has 0 aliphatic carbocycles. The highest BCUT2D eigenvalue weighted by Gasteiger charge is 2.42. The number of aromatic hydroxyl groups is 1. The first-order chi connectivity index (χ1) is 19.0. The Morgan fingerprint density at radius 1 is 0.821 bits per heavy atom. The number of nitrogens with one attached hydrogen (secondary N) is 1. The van der Waals surface area contributed by atoms with Gasteiger partial charge in [0.05, 0.1) is 17.8 Å². The van der Waals surface area contributed by atoms with Crippen LogP contribution in [-0.4, -0.2) is 19.8 Å². The molecule has 2 aromatic heterocycles. The van der Waals surface area contributed by atoms with Gasteiger partial charge in [-0.25, -0.2) is 0 Å². The molecule has 0 radical (unpaired) electrons. The van der Waals surface area contributed by atoms with Crippen molar-refractivity contribution in [2.75, 3.05) is 4.90 Å². The topological polar surface area (TPSA) is 62.5 Å². The van der Waals surface area contributed by atoms with Gasteiger partial charge in [0.2, 0.25) is 0 Å². The predicted octanol–water partition coefficient (Wildman–Crippen LogP) is 7.16. The van der Waals surface area contributed by atoms with Crippen LogP contribution in [-0.2, 0) is 0 Å². The van der Waals surface area contributed by atoms with Gasteiger partial charge in [-0.05, 0) is 110 Å². The summed E-state index contributed by atoms with van der Waals surface area (Å²) < 4.78 is 8.23. The van der Waals surface area contributed by atoms with Gasteiger partial charge in [-0.1, -0.05) is 24.3 Å². The Bertz CT molecular complexity index is 1600. The Kier molecular flexibility index (Phi) is 6.50. The van der Waals surface area contributed by atoms with E-state index in [1.165, 1.54) is 0 Å². The summed E-state index contributed by atoms with van der Waals surface area (Å²) in [6.45, 7) is 4.22. The molecule has 2 unspecified atom stereocenters. The lowest BCUT2D eigenvalue weighted by Gasteiger charge is -2.28. The van der Waals surface area contributed by atoms with Gasteiger partial charge in [0.1, 0.15) is 17.2 Å². The number of rotatable bonds is 6. The van der Waals surface area contributed by atoms with Gasteiger partial charge in [-0.3, -0.25) is 4.98 Å². The first kappa shape index (κ1) is 24.7. The fourth-order valence-corrected chi connectivity index (χ4v) is 5.68. The third-order valence-electron chi connectivity index (χ3n) is 7.09. The third-order valence-corrected chi connectivity index (χ3v) is 7.40. The lowest BCUT2D eigenvalue weighted by Crippen LogP contribution is -2.29. The number of ether oxygens (including phenoxy) is 1. The summed E-state index contributed by atoms with van der Waals surface area (Å²) in [6.07, 6.45) is 1.81. The minimum absolute atomic E-state index is 0.134. The number of aryl methyl sites for hydroxylation is 1. The number of benzene rings is 3. The standard InChI is InChI=1S/C32H28N4O2S/c1-21-20-28(22(2)35(21)23-11-15-25(37)16-12-23)31-30(29-10-6-7-19-33-29)34-32(39)36(31)24-13-17-27(18-14-24)38-26-8-4-3-5-9-26/h3-20,30-31,37H,1-2H3,(H,34,39). The van der Waals surface area contributed by atoms with Gasteiger partial charge in [-0.15, -0.1) is 0 Å². The van der Waals surface area contributed by atoms with Crippen LogP contribution in [0.4, 0.5) is 5.69 Å². The monoisotopic (exact) mass is 532 g/mol. The molecule has 0 saturated carbocycles. The minimum atomic E-state index is -0.146. The molecule has 1 aliphatic rings. The first-order valence-electron chi connectivity index (χ1n) is 12.8. The number of hydrogen-bond acceptors (Lipinski definition) is 4. The van der Waals surface area contributed by atoms with Gasteiger partial charge < -0.3 is 24.6 Å². The Labute approximate surface area is 233 Å². The number of pyridine rings is 1. The van der Waals surface area contributed by atoms with Gasteiger partial charge in [0.25, 0.3) is 0 Å². The highest BCUT2D eigenvalue weighted by atomic mass is 32.1. The van der Waals surface area contributed by atoms with Crippen molar-refractivity contribution < 1.29 is 9.84 Å². The van der Waals surface area contributed by atoms with E-state index in [2.05, 4.69) is 39.7 Å². The van der Waals surface area contributed by atoms with E-state index in [1.807, 2.05) is 91.1 Å². The second-order valence-corrected chi connectivity index (χ2v) is 9.97. The molecule has 39 heavy (non-hydrogen) atoms. The SMILES string of the molecule is Cc1cc(C2C(c3ccccn3)NC(=S)N2c2ccc(Oc3ccccc3)cc2)c(C)n1-c1ccc(O)cc1. The van der Waals surface area contributed by atoms with Crippen LogP contribution in [0.2, 0.25) is 0 Å². The largest absolute Gasteiger partial charge is 0.508 e. The van der Waals surface area contributed by atoms with Crippen LogP contribution in [0.3, 0.4) is 0 Å². The quantitative estimate of drug-likeness (QED) is 0.226. The van der Waals surface area contributed by atoms with E-state index in [-0.39, 0.29) is 17.8 Å². The summed E-state index contributed by atoms with van der Waals surface area (Å²) in [5, 5.41) is 14.0. The molecule has 5 aromatic rings. The van der Waals surface area contributed by atoms with Gasteiger partial charge in [0.15, 0.2) is 5.11 Å². The van der Waals surface area contributed by atoms with E-state index in [9.17, 15) is 5.11 Å². The lowest BCUT2D eigenvalue weighted by atomic mass is 9.96. The number of hydrogen-bond donors (Lipinski definition) is 2. The van der Waals surface area contributed by atoms with Gasteiger partial charge in [-0.2, -0.15) is 0 Å². The van der Waals surface area contributed by atoms with Crippen molar-refractivity contribution in [1.82, 2.24) is 14.9 Å². The Hall–Kier alpha value is -4.62. The molecule has 7 heteroatoms. The number of aromatic nitrogens is 2. The van der Waals surface area contributed by atoms with Crippen LogP contribution in [0.5, 0.6) is 17.2 Å². The molecule has 1 fully saturated rings. The maximum atomic E-state index is 9.82. The van der Waals surface area contributed by atoms with Crippen molar-refractivity contribution in [3.63, 3.8) is 0 Å². The van der Waals surface area contributed by atoms with Crippen molar-refractivity contribution in [1.29, 1.82) is 0 Å². The van der Waals surface area contributed by atoms with Crippen LogP contribution >= 0.6 is 12.2 Å². The molecule has 0 spiro atoms. The molecule has 2 N–H and O–H groups in total. The summed E-state index contributed by atoms with van der Waals surface area (Å²) >= 11 is 5.93. The van der Waals surface area contributed by atoms with E-state index >= 15 is 0 Å². The molecule has 6 rings (SSSR count). The lowest BCUT2D eigenvalue weighted by molar-refractivity contribution is 0.475. The molecular weight excluding hydrogens is 504 g/mol. The number of para-hydroxylation sites is 1. The Morgan fingerprint density at radius 2 is 1.49 bits per heavy atom. The maximum absolute atomic E-state index is 9.82. The molecule has 194 valence electrons. The molecule has 0 bridgehead atoms. The van der Waals surface area contributed by atoms with Crippen LogP contribution in [0.15, 0.2) is 109 Å². The van der Waals surface area contributed by atoms with Gasteiger partial charge >= 0.3 is 0 Å². The second-order valence-electron chi connectivity index (χ2n) is 9.58. The van der Waals surface area contributed by atoms with Crippen molar-refractivity contribution in [2.24, 2.45) is 0 Å². The average Bonchev–Trinajstić information content (AvgIpc) is 3.45. The predicted molar refractivity (Wildman–Crippen MR) is 158 cm³/mol. The number of thiocarbonyl (C=S) groups is 1. The van der Waals surface area contributed by atoms with Crippen molar-refractivity contribution in [3.05, 3.63) is 132 Å². The highest BCUT2D eigenvalue weighted by molar-refractivity contribution is 7.80. The van der Waals surface area contributed by atoms with Crippen LogP contribution in [0.25, 0.3) is 5.69 Å². The van der Waals surface area contributed by atoms with E-state index in [0.29, 0.717) is 5.11 Å². The summed E-state index contributed by atoms with van der Waals surface area (Å²) in [5.41, 5.74) is 6.22. The summed E-state index contributed by atoms with van der Waals surface area (Å²) in [7, 11) is 0. The van der Waals surface area contributed by atoms with Crippen molar-refractivity contribution >= 4 is 23.0 Å². The average molecular weight is 533 g/mol. The van der Waals surface area contributed by atoms with E-state index in [4.69, 9.17) is 17.0 Å². The second kappa shape index (κ2) is 10.3. The van der Waals surface area contributed by atoms with Crippen LogP contribution in [0, 0.1) is 13.8 Å².